The maximum absolute atomic E-state index is 12.6. The lowest BCUT2D eigenvalue weighted by atomic mass is 10.1. The maximum atomic E-state index is 12.6. The van der Waals surface area contributed by atoms with Crippen molar-refractivity contribution in [2.75, 3.05) is 18.9 Å². The molecule has 1 saturated heterocycles. The van der Waals surface area contributed by atoms with E-state index in [0.29, 0.717) is 11.7 Å². The molecule has 1 aliphatic heterocycles. The van der Waals surface area contributed by atoms with Crippen LogP contribution in [0.3, 0.4) is 0 Å². The minimum absolute atomic E-state index is 0.127. The van der Waals surface area contributed by atoms with Crippen LogP contribution in [0.25, 0.3) is 0 Å². The summed E-state index contributed by atoms with van der Waals surface area (Å²) >= 11 is 0. The number of carbonyl (C=O) groups excluding carboxylic acids is 1. The maximum Gasteiger partial charge on any atom is 0.300 e. The molecule has 106 valence electrons. The molecule has 1 amide bonds. The molecule has 7 heteroatoms. The van der Waals surface area contributed by atoms with Crippen molar-refractivity contribution in [1.82, 2.24) is 9.88 Å². The average molecular weight is 276 g/mol. The molecule has 1 N–H and O–H groups in total. The van der Waals surface area contributed by atoms with E-state index in [-0.39, 0.29) is 23.2 Å². The second-order valence-corrected chi connectivity index (χ2v) is 5.38. The first kappa shape index (κ1) is 12.8. The van der Waals surface area contributed by atoms with Gasteiger partial charge in [-0.3, -0.25) is 14.9 Å². The van der Waals surface area contributed by atoms with Crippen molar-refractivity contribution < 1.29 is 9.72 Å². The van der Waals surface area contributed by atoms with Crippen molar-refractivity contribution in [2.24, 2.45) is 5.92 Å². The molecule has 7 nitrogen and oxygen atoms in total. The Morgan fingerprint density at radius 2 is 2.35 bits per heavy atom. The van der Waals surface area contributed by atoms with Gasteiger partial charge in [-0.15, -0.1) is 0 Å². The predicted molar refractivity (Wildman–Crippen MR) is 72.6 cm³/mol. The topological polar surface area (TPSA) is 88.4 Å². The van der Waals surface area contributed by atoms with Gasteiger partial charge in [0.2, 0.25) is 0 Å². The number of carbonyl (C=O) groups is 1. The monoisotopic (exact) mass is 276 g/mol. The molecule has 2 unspecified atom stereocenters. The van der Waals surface area contributed by atoms with Crippen LogP contribution in [0.1, 0.15) is 29.6 Å². The van der Waals surface area contributed by atoms with Gasteiger partial charge in [-0.1, -0.05) is 0 Å². The van der Waals surface area contributed by atoms with Crippen LogP contribution in [0.5, 0.6) is 0 Å². The minimum Gasteiger partial charge on any atom is -0.373 e. The first-order valence-electron chi connectivity index (χ1n) is 6.73. The first-order valence-corrected chi connectivity index (χ1v) is 6.73. The molecule has 0 radical (unpaired) electrons. The molecule has 2 heterocycles. The summed E-state index contributed by atoms with van der Waals surface area (Å²) in [7, 11) is 1.67. The zero-order valence-corrected chi connectivity index (χ0v) is 11.2. The lowest BCUT2D eigenvalue weighted by Gasteiger charge is -2.26. The zero-order chi connectivity index (χ0) is 14.3. The van der Waals surface area contributed by atoms with Crippen LogP contribution in [0.4, 0.5) is 11.5 Å². The normalized spacial score (nSPS) is 23.9. The van der Waals surface area contributed by atoms with Gasteiger partial charge >= 0.3 is 0 Å². The van der Waals surface area contributed by atoms with Gasteiger partial charge in [0.05, 0.1) is 4.92 Å². The summed E-state index contributed by atoms with van der Waals surface area (Å²) in [5.41, 5.74) is -0.0985. The molecule has 2 aliphatic rings. The number of nitrogens with zero attached hydrogens (tertiary/aromatic N) is 3. The third-order valence-corrected chi connectivity index (χ3v) is 4.24. The Bertz CT molecular complexity index is 575. The summed E-state index contributed by atoms with van der Waals surface area (Å²) in [6.45, 7) is 0.720. The Labute approximate surface area is 116 Å². The van der Waals surface area contributed by atoms with E-state index in [4.69, 9.17) is 0 Å². The van der Waals surface area contributed by atoms with Crippen molar-refractivity contribution in [1.29, 1.82) is 0 Å². The summed E-state index contributed by atoms with van der Waals surface area (Å²) in [5.74, 6) is 0.778. The van der Waals surface area contributed by atoms with E-state index < -0.39 is 4.92 Å². The lowest BCUT2D eigenvalue weighted by Crippen LogP contribution is -2.38. The summed E-state index contributed by atoms with van der Waals surface area (Å²) in [4.78, 5) is 28.8. The number of nitrogens with one attached hydrogen (secondary N) is 1. The van der Waals surface area contributed by atoms with Crippen LogP contribution in [0.2, 0.25) is 0 Å². The first-order chi connectivity index (χ1) is 9.60. The number of anilines is 1. The van der Waals surface area contributed by atoms with Gasteiger partial charge in [0.1, 0.15) is 17.6 Å². The summed E-state index contributed by atoms with van der Waals surface area (Å²) in [6.07, 6.45) is 4.35. The number of rotatable bonds is 3. The van der Waals surface area contributed by atoms with E-state index in [2.05, 4.69) is 10.3 Å². The minimum atomic E-state index is -0.548. The van der Waals surface area contributed by atoms with E-state index >= 15 is 0 Å². The van der Waals surface area contributed by atoms with E-state index in [9.17, 15) is 14.9 Å². The van der Waals surface area contributed by atoms with Crippen LogP contribution < -0.4 is 5.32 Å². The molecule has 2 atom stereocenters. The van der Waals surface area contributed by atoms with Gasteiger partial charge in [0.15, 0.2) is 0 Å². The highest BCUT2D eigenvalue weighted by Gasteiger charge is 2.41. The number of hydrogen-bond donors (Lipinski definition) is 1. The number of piperidine rings is 1. The molecule has 2 fully saturated rings. The van der Waals surface area contributed by atoms with Crippen LogP contribution in [0.15, 0.2) is 12.3 Å². The number of fused-ring (bicyclic) bond motifs is 2. The van der Waals surface area contributed by atoms with Gasteiger partial charge in [0, 0.05) is 25.7 Å². The van der Waals surface area contributed by atoms with Crippen LogP contribution >= 0.6 is 0 Å². The number of pyridine rings is 1. The second kappa shape index (κ2) is 4.73. The van der Waals surface area contributed by atoms with Gasteiger partial charge in [-0.05, 0) is 25.2 Å². The Hall–Kier alpha value is -2.18. The van der Waals surface area contributed by atoms with Gasteiger partial charge in [-0.25, -0.2) is 4.98 Å². The fraction of sp³-hybridized carbons (Fsp3) is 0.538. The molecule has 2 bridgehead atoms. The Balaban J connectivity index is 1.95. The molecule has 0 aromatic carbocycles. The standard InChI is InChI=1S/C13H16N4O3/c1-14-12-5-10(11(6-15-12)17(19)20)13(18)16-7-8-2-3-9(16)4-8/h5-6,8-9H,2-4,7H2,1H3,(H,14,15). The van der Waals surface area contributed by atoms with Gasteiger partial charge in [0.25, 0.3) is 11.6 Å². The molecular formula is C13H16N4O3. The van der Waals surface area contributed by atoms with E-state index in [1.54, 1.807) is 11.9 Å². The Kier molecular flexibility index (Phi) is 3.04. The SMILES string of the molecule is CNc1cc(C(=O)N2CC3CCC2C3)c([N+](=O)[O-])cn1. The molecule has 1 aliphatic carbocycles. The summed E-state index contributed by atoms with van der Waals surface area (Å²) in [6, 6.07) is 1.71. The summed E-state index contributed by atoms with van der Waals surface area (Å²) in [5, 5.41) is 13.9. The number of amides is 1. The highest BCUT2D eigenvalue weighted by molar-refractivity contribution is 5.99. The lowest BCUT2D eigenvalue weighted by molar-refractivity contribution is -0.385. The van der Waals surface area contributed by atoms with Gasteiger partial charge < -0.3 is 10.2 Å². The number of nitro groups is 1. The van der Waals surface area contributed by atoms with Crippen molar-refractivity contribution >= 4 is 17.4 Å². The highest BCUT2D eigenvalue weighted by Crippen LogP contribution is 2.38. The Morgan fingerprint density at radius 3 is 2.90 bits per heavy atom. The molecule has 1 aromatic heterocycles. The van der Waals surface area contributed by atoms with E-state index in [1.165, 1.54) is 6.07 Å². The van der Waals surface area contributed by atoms with E-state index in [1.807, 2.05) is 0 Å². The van der Waals surface area contributed by atoms with Crippen LogP contribution in [0, 0.1) is 16.0 Å². The molecule has 3 rings (SSSR count). The predicted octanol–water partition coefficient (Wildman–Crippen LogP) is 1.66. The van der Waals surface area contributed by atoms with Crippen molar-refractivity contribution in [3.63, 3.8) is 0 Å². The molecule has 0 spiro atoms. The number of aromatic nitrogens is 1. The quantitative estimate of drug-likeness (QED) is 0.670. The van der Waals surface area contributed by atoms with Crippen molar-refractivity contribution in [3.05, 3.63) is 27.9 Å². The smallest absolute Gasteiger partial charge is 0.300 e. The van der Waals surface area contributed by atoms with E-state index in [0.717, 1.165) is 32.0 Å². The highest BCUT2D eigenvalue weighted by atomic mass is 16.6. The molecule has 1 aromatic rings. The zero-order valence-electron chi connectivity index (χ0n) is 11.2. The third-order valence-electron chi connectivity index (χ3n) is 4.24. The van der Waals surface area contributed by atoms with Crippen LogP contribution in [-0.4, -0.2) is 40.3 Å². The second-order valence-electron chi connectivity index (χ2n) is 5.38. The van der Waals surface area contributed by atoms with Crippen molar-refractivity contribution in [2.45, 2.75) is 25.3 Å². The average Bonchev–Trinajstić information content (AvgIpc) is 3.08. The van der Waals surface area contributed by atoms with Crippen molar-refractivity contribution in [3.8, 4) is 0 Å². The molecular weight excluding hydrogens is 260 g/mol. The summed E-state index contributed by atoms with van der Waals surface area (Å²) < 4.78 is 0. The third kappa shape index (κ3) is 1.99. The largest absolute Gasteiger partial charge is 0.373 e. The fourth-order valence-electron chi connectivity index (χ4n) is 3.23. The Morgan fingerprint density at radius 1 is 1.55 bits per heavy atom. The van der Waals surface area contributed by atoms with Crippen LogP contribution in [-0.2, 0) is 0 Å². The number of likely N-dealkylation sites (tertiary alicyclic amines) is 1. The number of hydrogen-bond acceptors (Lipinski definition) is 5. The molecule has 20 heavy (non-hydrogen) atoms. The molecule has 1 saturated carbocycles. The fourth-order valence-corrected chi connectivity index (χ4v) is 3.23. The van der Waals surface area contributed by atoms with Gasteiger partial charge in [-0.2, -0.15) is 0 Å².